The predicted octanol–water partition coefficient (Wildman–Crippen LogP) is 4.80. The highest BCUT2D eigenvalue weighted by atomic mass is 16.1. The monoisotopic (exact) mass is 307 g/mol. The van der Waals surface area contributed by atoms with Gasteiger partial charge in [0.1, 0.15) is 0 Å². The Kier molecular flexibility index (Phi) is 5.24. The maximum Gasteiger partial charge on any atom is 0.164 e. The lowest BCUT2D eigenvalue weighted by molar-refractivity contribution is 0.0895. The Morgan fingerprint density at radius 3 is 2.26 bits per heavy atom. The third-order valence-corrected chi connectivity index (χ3v) is 4.77. The molecule has 0 spiro atoms. The van der Waals surface area contributed by atoms with Gasteiger partial charge in [0.15, 0.2) is 5.78 Å². The van der Waals surface area contributed by atoms with E-state index in [1.165, 1.54) is 30.4 Å². The first-order valence-electron chi connectivity index (χ1n) is 8.63. The topological polar surface area (TPSA) is 20.3 Å². The highest BCUT2D eigenvalue weighted by Crippen LogP contribution is 2.28. The van der Waals surface area contributed by atoms with Crippen molar-refractivity contribution in [3.05, 3.63) is 71.3 Å². The van der Waals surface area contributed by atoms with Crippen molar-refractivity contribution in [2.45, 2.75) is 38.6 Å². The normalized spacial score (nSPS) is 16.9. The van der Waals surface area contributed by atoms with Gasteiger partial charge in [0, 0.05) is 18.0 Å². The number of piperidine rings is 1. The maximum atomic E-state index is 12.8. The van der Waals surface area contributed by atoms with E-state index in [2.05, 4.69) is 36.1 Å². The van der Waals surface area contributed by atoms with Crippen LogP contribution in [0.2, 0.25) is 0 Å². The van der Waals surface area contributed by atoms with Gasteiger partial charge in [0.2, 0.25) is 0 Å². The molecular weight excluding hydrogens is 282 g/mol. The second-order valence-electron chi connectivity index (χ2n) is 6.52. The van der Waals surface area contributed by atoms with E-state index in [1.54, 1.807) is 0 Å². The molecule has 120 valence electrons. The fraction of sp³-hybridized carbons (Fsp3) is 0.381. The van der Waals surface area contributed by atoms with Gasteiger partial charge in [-0.15, -0.1) is 0 Å². The van der Waals surface area contributed by atoms with Crippen LogP contribution in [0.1, 0.15) is 53.2 Å². The van der Waals surface area contributed by atoms with Crippen molar-refractivity contribution in [2.24, 2.45) is 0 Å². The molecule has 2 heteroatoms. The first kappa shape index (κ1) is 15.9. The maximum absolute atomic E-state index is 12.8. The third-order valence-electron chi connectivity index (χ3n) is 4.77. The van der Waals surface area contributed by atoms with Crippen LogP contribution < -0.4 is 0 Å². The molecule has 1 atom stereocenters. The zero-order valence-corrected chi connectivity index (χ0v) is 13.9. The zero-order valence-electron chi connectivity index (χ0n) is 13.9. The van der Waals surface area contributed by atoms with E-state index in [-0.39, 0.29) is 11.8 Å². The third kappa shape index (κ3) is 4.08. The molecule has 0 N–H and O–H groups in total. The fourth-order valence-electron chi connectivity index (χ4n) is 3.40. The highest BCUT2D eigenvalue weighted by Gasteiger charge is 2.25. The van der Waals surface area contributed by atoms with Crippen LogP contribution in [0.25, 0.3) is 0 Å². The summed E-state index contributed by atoms with van der Waals surface area (Å²) in [7, 11) is 0. The number of likely N-dealkylation sites (tertiary alicyclic amines) is 1. The lowest BCUT2D eigenvalue weighted by Crippen LogP contribution is -2.35. The number of aryl methyl sites for hydroxylation is 1. The van der Waals surface area contributed by atoms with Crippen LogP contribution in [-0.2, 0) is 0 Å². The fourth-order valence-corrected chi connectivity index (χ4v) is 3.40. The van der Waals surface area contributed by atoms with Gasteiger partial charge in [-0.1, -0.05) is 66.6 Å². The lowest BCUT2D eigenvalue weighted by atomic mass is 9.94. The molecule has 0 amide bonds. The lowest BCUT2D eigenvalue weighted by Gasteiger charge is -2.34. The number of ketones is 1. The molecule has 2 aromatic carbocycles. The number of hydrogen-bond acceptors (Lipinski definition) is 2. The minimum Gasteiger partial charge on any atom is -0.296 e. The Labute approximate surface area is 139 Å². The van der Waals surface area contributed by atoms with Crippen LogP contribution >= 0.6 is 0 Å². The summed E-state index contributed by atoms with van der Waals surface area (Å²) < 4.78 is 0. The van der Waals surface area contributed by atoms with Gasteiger partial charge in [-0.25, -0.2) is 0 Å². The summed E-state index contributed by atoms with van der Waals surface area (Å²) in [6.07, 6.45) is 4.35. The molecular formula is C21H25NO. The minimum atomic E-state index is 0.199. The Hall–Kier alpha value is -1.93. The number of rotatable bonds is 5. The molecule has 1 unspecified atom stereocenters. The van der Waals surface area contributed by atoms with Crippen molar-refractivity contribution in [3.63, 3.8) is 0 Å². The molecule has 1 saturated heterocycles. The summed E-state index contributed by atoms with van der Waals surface area (Å²) in [5.74, 6) is 0.240. The van der Waals surface area contributed by atoms with Crippen LogP contribution in [0, 0.1) is 6.92 Å². The first-order chi connectivity index (χ1) is 11.2. The average molecular weight is 307 g/mol. The Bertz CT molecular complexity index is 627. The molecule has 1 aliphatic heterocycles. The van der Waals surface area contributed by atoms with Crippen molar-refractivity contribution in [1.29, 1.82) is 0 Å². The van der Waals surface area contributed by atoms with Crippen LogP contribution in [0.4, 0.5) is 0 Å². The summed E-state index contributed by atoms with van der Waals surface area (Å²) >= 11 is 0. The van der Waals surface area contributed by atoms with Gasteiger partial charge in [-0.3, -0.25) is 9.69 Å². The SMILES string of the molecule is Cc1ccc(C(=O)CC(c2ccccc2)N2CCCCC2)cc1. The summed E-state index contributed by atoms with van der Waals surface area (Å²) in [6.45, 7) is 4.25. The number of carbonyl (C=O) groups excluding carboxylic acids is 1. The summed E-state index contributed by atoms with van der Waals surface area (Å²) in [6, 6.07) is 18.6. The van der Waals surface area contributed by atoms with E-state index in [1.807, 2.05) is 30.3 Å². The number of hydrogen-bond donors (Lipinski definition) is 0. The zero-order chi connectivity index (χ0) is 16.1. The molecule has 0 saturated carbocycles. The summed E-state index contributed by atoms with van der Waals surface area (Å²) in [5.41, 5.74) is 3.28. The average Bonchev–Trinajstić information content (AvgIpc) is 2.61. The van der Waals surface area contributed by atoms with Gasteiger partial charge in [-0.2, -0.15) is 0 Å². The quantitative estimate of drug-likeness (QED) is 0.740. The van der Waals surface area contributed by atoms with Crippen LogP contribution in [-0.4, -0.2) is 23.8 Å². The Balaban J connectivity index is 1.80. The van der Waals surface area contributed by atoms with Gasteiger partial charge < -0.3 is 0 Å². The number of carbonyl (C=O) groups is 1. The second kappa shape index (κ2) is 7.56. The van der Waals surface area contributed by atoms with Gasteiger partial charge >= 0.3 is 0 Å². The van der Waals surface area contributed by atoms with Crippen LogP contribution in [0.15, 0.2) is 54.6 Å². The molecule has 3 rings (SSSR count). The molecule has 1 fully saturated rings. The molecule has 0 radical (unpaired) electrons. The molecule has 2 aromatic rings. The Morgan fingerprint density at radius 1 is 0.957 bits per heavy atom. The summed E-state index contributed by atoms with van der Waals surface area (Å²) in [4.78, 5) is 15.2. The second-order valence-corrected chi connectivity index (χ2v) is 6.52. The molecule has 0 aromatic heterocycles. The Morgan fingerprint density at radius 2 is 1.61 bits per heavy atom. The molecule has 2 nitrogen and oxygen atoms in total. The number of nitrogens with zero attached hydrogens (tertiary/aromatic N) is 1. The van der Waals surface area contributed by atoms with Gasteiger partial charge in [-0.05, 0) is 38.4 Å². The predicted molar refractivity (Wildman–Crippen MR) is 94.7 cm³/mol. The molecule has 1 aliphatic rings. The van der Waals surface area contributed by atoms with E-state index in [0.717, 1.165) is 18.7 Å². The highest BCUT2D eigenvalue weighted by molar-refractivity contribution is 5.96. The standard InChI is InChI=1S/C21H25NO/c1-17-10-12-19(13-11-17)21(23)16-20(18-8-4-2-5-9-18)22-14-6-3-7-15-22/h2,4-5,8-13,20H,3,6-7,14-16H2,1H3. The largest absolute Gasteiger partial charge is 0.296 e. The van der Waals surface area contributed by atoms with E-state index in [9.17, 15) is 4.79 Å². The first-order valence-corrected chi connectivity index (χ1v) is 8.63. The number of Topliss-reactive ketones (excluding diaryl/α,β-unsaturated/α-hetero) is 1. The van der Waals surface area contributed by atoms with Crippen molar-refractivity contribution in [2.75, 3.05) is 13.1 Å². The van der Waals surface area contributed by atoms with Gasteiger partial charge in [0.05, 0.1) is 0 Å². The smallest absolute Gasteiger partial charge is 0.164 e. The van der Waals surface area contributed by atoms with Crippen molar-refractivity contribution < 1.29 is 4.79 Å². The van der Waals surface area contributed by atoms with Crippen molar-refractivity contribution in [1.82, 2.24) is 4.90 Å². The molecule has 1 heterocycles. The van der Waals surface area contributed by atoms with E-state index < -0.39 is 0 Å². The van der Waals surface area contributed by atoms with E-state index in [4.69, 9.17) is 0 Å². The van der Waals surface area contributed by atoms with Crippen LogP contribution in [0.5, 0.6) is 0 Å². The molecule has 0 aliphatic carbocycles. The molecule has 23 heavy (non-hydrogen) atoms. The number of benzene rings is 2. The van der Waals surface area contributed by atoms with Crippen LogP contribution in [0.3, 0.4) is 0 Å². The van der Waals surface area contributed by atoms with E-state index >= 15 is 0 Å². The van der Waals surface area contributed by atoms with Gasteiger partial charge in [0.25, 0.3) is 0 Å². The minimum absolute atomic E-state index is 0.199. The summed E-state index contributed by atoms with van der Waals surface area (Å²) in [5, 5.41) is 0. The van der Waals surface area contributed by atoms with Crippen molar-refractivity contribution >= 4 is 5.78 Å². The molecule has 0 bridgehead atoms. The van der Waals surface area contributed by atoms with E-state index in [0.29, 0.717) is 6.42 Å². The van der Waals surface area contributed by atoms with Crippen molar-refractivity contribution in [3.8, 4) is 0 Å².